The zero-order chi connectivity index (χ0) is 25.1. The second-order valence-corrected chi connectivity index (χ2v) is 10.3. The van der Waals surface area contributed by atoms with E-state index in [9.17, 15) is 22.8 Å². The van der Waals surface area contributed by atoms with Gasteiger partial charge in [0.05, 0.1) is 0 Å². The first-order chi connectivity index (χ1) is 15.9. The highest BCUT2D eigenvalue weighted by Gasteiger charge is 2.54. The lowest BCUT2D eigenvalue weighted by Crippen LogP contribution is -2.51. The maximum absolute atomic E-state index is 13.5. The molecule has 2 amide bonds. The fourth-order valence-corrected chi connectivity index (χ4v) is 4.83. The van der Waals surface area contributed by atoms with E-state index in [1.54, 1.807) is 20.8 Å². The molecule has 2 atom stereocenters. The van der Waals surface area contributed by atoms with Crippen molar-refractivity contribution in [2.24, 2.45) is 5.92 Å². The standard InChI is InChI=1S/C26H35F3N2O3/c1-5-18(15-17-9-7-6-8-10-17)21-16-22(21)31(23(32)26(27,28)29)20-13-11-19(12-14-20)30-24(33)34-25(2,3)4/h6-10,15,19-22H,5,11-14,16H2,1-4H3,(H,30,33)/b18-15+/t19?,20?,21-,22+/m0/s1. The molecule has 0 unspecified atom stereocenters. The van der Waals surface area contributed by atoms with E-state index in [4.69, 9.17) is 4.74 Å². The number of carbonyl (C=O) groups excluding carboxylic acids is 2. The number of amides is 2. The molecule has 1 N–H and O–H groups in total. The normalized spacial score (nSPS) is 25.4. The zero-order valence-corrected chi connectivity index (χ0v) is 20.3. The molecule has 5 nitrogen and oxygen atoms in total. The van der Waals surface area contributed by atoms with Crippen LogP contribution >= 0.6 is 0 Å². The molecule has 188 valence electrons. The molecular weight excluding hydrogens is 445 g/mol. The van der Waals surface area contributed by atoms with Crippen molar-refractivity contribution in [3.05, 3.63) is 41.5 Å². The molecule has 0 bridgehead atoms. The Kier molecular flexibility index (Phi) is 7.98. The Labute approximate surface area is 199 Å². The first-order valence-electron chi connectivity index (χ1n) is 12.0. The van der Waals surface area contributed by atoms with Crippen LogP contribution in [0.15, 0.2) is 35.9 Å². The summed E-state index contributed by atoms with van der Waals surface area (Å²) in [5.74, 6) is -1.81. The van der Waals surface area contributed by atoms with Gasteiger partial charge in [0.15, 0.2) is 0 Å². The van der Waals surface area contributed by atoms with E-state index in [1.807, 2.05) is 43.3 Å². The van der Waals surface area contributed by atoms with Gasteiger partial charge in [0.1, 0.15) is 5.60 Å². The Morgan fingerprint density at radius 1 is 1.09 bits per heavy atom. The van der Waals surface area contributed by atoms with Gasteiger partial charge in [-0.25, -0.2) is 4.79 Å². The highest BCUT2D eigenvalue weighted by Crippen LogP contribution is 2.47. The Hall–Kier alpha value is -2.51. The van der Waals surface area contributed by atoms with Crippen molar-refractivity contribution in [1.82, 2.24) is 10.2 Å². The Morgan fingerprint density at radius 3 is 2.24 bits per heavy atom. The van der Waals surface area contributed by atoms with Crippen LogP contribution in [0.2, 0.25) is 0 Å². The SMILES string of the molecule is CC/C(=C\c1ccccc1)[C@@H]1C[C@H]1N(C(=O)C(F)(F)F)C1CCC(NC(=O)OC(C)(C)C)CC1. The molecule has 0 aromatic heterocycles. The predicted molar refractivity (Wildman–Crippen MR) is 125 cm³/mol. The highest BCUT2D eigenvalue weighted by molar-refractivity contribution is 5.83. The van der Waals surface area contributed by atoms with Gasteiger partial charge in [-0.3, -0.25) is 4.79 Å². The molecule has 0 saturated heterocycles. The van der Waals surface area contributed by atoms with E-state index < -0.39 is 35.9 Å². The fourth-order valence-electron chi connectivity index (χ4n) is 4.83. The minimum atomic E-state index is -4.91. The van der Waals surface area contributed by atoms with E-state index in [2.05, 4.69) is 5.32 Å². The van der Waals surface area contributed by atoms with E-state index >= 15 is 0 Å². The van der Waals surface area contributed by atoms with Crippen LogP contribution in [0, 0.1) is 5.92 Å². The van der Waals surface area contributed by atoms with Crippen LogP contribution in [-0.4, -0.2) is 46.8 Å². The van der Waals surface area contributed by atoms with Gasteiger partial charge < -0.3 is 15.0 Å². The number of nitrogens with zero attached hydrogens (tertiary/aromatic N) is 1. The molecule has 0 radical (unpaired) electrons. The van der Waals surface area contributed by atoms with Gasteiger partial charge in [-0.2, -0.15) is 13.2 Å². The monoisotopic (exact) mass is 480 g/mol. The van der Waals surface area contributed by atoms with Gasteiger partial charge >= 0.3 is 18.2 Å². The van der Waals surface area contributed by atoms with Crippen molar-refractivity contribution in [2.75, 3.05) is 0 Å². The van der Waals surface area contributed by atoms with Crippen molar-refractivity contribution in [2.45, 2.75) is 96.1 Å². The van der Waals surface area contributed by atoms with Gasteiger partial charge in [0.25, 0.3) is 0 Å². The highest BCUT2D eigenvalue weighted by atomic mass is 19.4. The molecule has 2 fully saturated rings. The lowest BCUT2D eigenvalue weighted by Gasteiger charge is -2.38. The number of halogens is 3. The third kappa shape index (κ3) is 7.00. The molecule has 0 spiro atoms. The van der Waals surface area contributed by atoms with E-state index in [1.165, 1.54) is 0 Å². The van der Waals surface area contributed by atoms with Crippen LogP contribution in [0.3, 0.4) is 0 Å². The molecule has 1 aromatic carbocycles. The first kappa shape index (κ1) is 26.1. The number of benzene rings is 1. The number of alkyl halides is 3. The van der Waals surface area contributed by atoms with E-state index in [0.717, 1.165) is 22.5 Å². The van der Waals surface area contributed by atoms with E-state index in [-0.39, 0.29) is 12.0 Å². The summed E-state index contributed by atoms with van der Waals surface area (Å²) in [7, 11) is 0. The minimum Gasteiger partial charge on any atom is -0.444 e. The molecule has 8 heteroatoms. The predicted octanol–water partition coefficient (Wildman–Crippen LogP) is 6.10. The summed E-state index contributed by atoms with van der Waals surface area (Å²) in [6, 6.07) is 8.59. The number of rotatable bonds is 6. The molecule has 3 rings (SSSR count). The van der Waals surface area contributed by atoms with Crippen molar-refractivity contribution < 1.29 is 27.5 Å². The van der Waals surface area contributed by atoms with Crippen molar-refractivity contribution >= 4 is 18.1 Å². The van der Waals surface area contributed by atoms with Crippen LogP contribution in [-0.2, 0) is 9.53 Å². The molecule has 1 aromatic rings. The van der Waals surface area contributed by atoms with Crippen LogP contribution in [0.25, 0.3) is 6.08 Å². The molecule has 2 aliphatic carbocycles. The average Bonchev–Trinajstić information content (AvgIpc) is 3.52. The van der Waals surface area contributed by atoms with Gasteiger partial charge in [0, 0.05) is 24.0 Å². The van der Waals surface area contributed by atoms with E-state index in [0.29, 0.717) is 32.1 Å². The largest absolute Gasteiger partial charge is 0.471 e. The Bertz CT molecular complexity index is 885. The molecule has 0 heterocycles. The lowest BCUT2D eigenvalue weighted by molar-refractivity contribution is -0.189. The quantitative estimate of drug-likeness (QED) is 0.536. The topological polar surface area (TPSA) is 58.6 Å². The second kappa shape index (κ2) is 10.4. The first-order valence-corrected chi connectivity index (χ1v) is 12.0. The number of hydrogen-bond acceptors (Lipinski definition) is 3. The van der Waals surface area contributed by atoms with Crippen LogP contribution in [0.4, 0.5) is 18.0 Å². The number of hydrogen-bond donors (Lipinski definition) is 1. The molecule has 0 aliphatic heterocycles. The van der Waals surface area contributed by atoms with Gasteiger partial charge in [0.2, 0.25) is 0 Å². The van der Waals surface area contributed by atoms with Gasteiger partial charge in [-0.15, -0.1) is 0 Å². The average molecular weight is 481 g/mol. The fraction of sp³-hybridized carbons (Fsp3) is 0.615. The maximum atomic E-state index is 13.5. The summed E-state index contributed by atoms with van der Waals surface area (Å²) in [4.78, 5) is 25.6. The summed E-state index contributed by atoms with van der Waals surface area (Å²) in [6.07, 6.45) is -0.310. The Balaban J connectivity index is 1.68. The van der Waals surface area contributed by atoms with Crippen LogP contribution < -0.4 is 5.32 Å². The summed E-state index contributed by atoms with van der Waals surface area (Å²) in [6.45, 7) is 7.31. The molecule has 2 aliphatic rings. The zero-order valence-electron chi connectivity index (χ0n) is 20.3. The third-order valence-electron chi connectivity index (χ3n) is 6.44. The van der Waals surface area contributed by atoms with Crippen molar-refractivity contribution in [3.63, 3.8) is 0 Å². The summed E-state index contributed by atoms with van der Waals surface area (Å²) < 4.78 is 45.9. The number of carbonyl (C=O) groups is 2. The molecule has 2 saturated carbocycles. The summed E-state index contributed by atoms with van der Waals surface area (Å²) in [5, 5.41) is 2.81. The second-order valence-electron chi connectivity index (χ2n) is 10.3. The lowest BCUT2D eigenvalue weighted by atomic mass is 9.89. The summed E-state index contributed by atoms with van der Waals surface area (Å²) in [5.41, 5.74) is 1.45. The van der Waals surface area contributed by atoms with Gasteiger partial charge in [-0.1, -0.05) is 48.9 Å². The Morgan fingerprint density at radius 2 is 1.71 bits per heavy atom. The minimum absolute atomic E-state index is 0.0610. The van der Waals surface area contributed by atoms with Crippen molar-refractivity contribution in [1.29, 1.82) is 0 Å². The van der Waals surface area contributed by atoms with Crippen molar-refractivity contribution in [3.8, 4) is 0 Å². The van der Waals surface area contributed by atoms with Crippen LogP contribution in [0.1, 0.15) is 71.8 Å². The molecular formula is C26H35F3N2O3. The number of nitrogens with one attached hydrogen (secondary N) is 1. The smallest absolute Gasteiger partial charge is 0.444 e. The van der Waals surface area contributed by atoms with Crippen LogP contribution in [0.5, 0.6) is 0 Å². The molecule has 34 heavy (non-hydrogen) atoms. The number of alkyl carbamates (subject to hydrolysis) is 1. The van der Waals surface area contributed by atoms with Gasteiger partial charge in [-0.05, 0) is 64.9 Å². The maximum Gasteiger partial charge on any atom is 0.471 e. The summed E-state index contributed by atoms with van der Waals surface area (Å²) >= 11 is 0. The third-order valence-corrected chi connectivity index (χ3v) is 6.44. The number of ether oxygens (including phenoxy) is 1.